The fourth-order valence-corrected chi connectivity index (χ4v) is 4.49. The zero-order valence-electron chi connectivity index (χ0n) is 15.8. The Labute approximate surface area is 168 Å². The van der Waals surface area contributed by atoms with Gasteiger partial charge >= 0.3 is 0 Å². The van der Waals surface area contributed by atoms with Gasteiger partial charge in [-0.25, -0.2) is 4.98 Å². The summed E-state index contributed by atoms with van der Waals surface area (Å²) >= 11 is 0. The first-order valence-corrected chi connectivity index (χ1v) is 9.93. The molecule has 5 nitrogen and oxygen atoms in total. The third-order valence-electron chi connectivity index (χ3n) is 6.11. The molecule has 5 heteroatoms. The zero-order valence-corrected chi connectivity index (χ0v) is 15.8. The van der Waals surface area contributed by atoms with Gasteiger partial charge in [0, 0.05) is 47.4 Å². The van der Waals surface area contributed by atoms with Crippen molar-refractivity contribution in [1.29, 1.82) is 0 Å². The molecule has 2 aromatic heterocycles. The lowest BCUT2D eigenvalue weighted by molar-refractivity contribution is 0.0770. The van der Waals surface area contributed by atoms with Crippen LogP contribution < -0.4 is 0 Å². The van der Waals surface area contributed by atoms with Gasteiger partial charge in [0.15, 0.2) is 0 Å². The van der Waals surface area contributed by atoms with Crippen molar-refractivity contribution >= 4 is 16.7 Å². The van der Waals surface area contributed by atoms with Gasteiger partial charge in [0.2, 0.25) is 5.89 Å². The highest BCUT2D eigenvalue weighted by Gasteiger charge is 2.43. The van der Waals surface area contributed by atoms with Gasteiger partial charge in [-0.15, -0.1) is 0 Å². The highest BCUT2D eigenvalue weighted by molar-refractivity contribution is 6.00. The molecule has 1 aliphatic heterocycles. The molecule has 2 aliphatic rings. The minimum atomic E-state index is 0.102. The van der Waals surface area contributed by atoms with Gasteiger partial charge in [0.25, 0.3) is 5.91 Å². The van der Waals surface area contributed by atoms with Crippen molar-refractivity contribution < 1.29 is 9.21 Å². The Bertz CT molecular complexity index is 1230. The Kier molecular flexibility index (Phi) is 3.57. The van der Waals surface area contributed by atoms with Crippen LogP contribution in [0.1, 0.15) is 34.0 Å². The molecule has 0 saturated heterocycles. The van der Waals surface area contributed by atoms with Crippen LogP contribution in [-0.4, -0.2) is 27.3 Å². The molecule has 4 aromatic rings. The van der Waals surface area contributed by atoms with Crippen molar-refractivity contribution in [3.05, 3.63) is 84.0 Å². The highest BCUT2D eigenvalue weighted by Crippen LogP contribution is 2.48. The van der Waals surface area contributed by atoms with Crippen LogP contribution >= 0.6 is 0 Å². The van der Waals surface area contributed by atoms with Crippen LogP contribution in [-0.2, 0) is 6.54 Å². The lowest BCUT2D eigenvalue weighted by Crippen LogP contribution is -2.26. The van der Waals surface area contributed by atoms with E-state index in [1.165, 1.54) is 5.39 Å². The van der Waals surface area contributed by atoms with Crippen molar-refractivity contribution in [2.24, 2.45) is 5.92 Å². The molecule has 0 spiro atoms. The van der Waals surface area contributed by atoms with Crippen LogP contribution in [0.15, 0.2) is 71.6 Å². The van der Waals surface area contributed by atoms with Gasteiger partial charge in [-0.3, -0.25) is 9.78 Å². The number of nitrogens with zero attached hydrogens (tertiary/aromatic N) is 3. The molecule has 6 rings (SSSR count). The number of aromatic nitrogens is 2. The normalized spacial score (nSPS) is 20.3. The molecule has 1 fully saturated rings. The molecule has 2 atom stereocenters. The second-order valence-corrected chi connectivity index (χ2v) is 7.91. The van der Waals surface area contributed by atoms with Crippen molar-refractivity contribution in [3.8, 4) is 11.5 Å². The minimum Gasteiger partial charge on any atom is -0.445 e. The first-order valence-electron chi connectivity index (χ1n) is 9.93. The van der Waals surface area contributed by atoms with Crippen LogP contribution in [0.25, 0.3) is 22.2 Å². The summed E-state index contributed by atoms with van der Waals surface area (Å²) in [5.74, 6) is 1.57. The van der Waals surface area contributed by atoms with E-state index in [0.29, 0.717) is 24.3 Å². The van der Waals surface area contributed by atoms with Gasteiger partial charge in [0.1, 0.15) is 6.26 Å². The lowest BCUT2D eigenvalue weighted by Gasteiger charge is -2.15. The topological polar surface area (TPSA) is 59.2 Å². The van der Waals surface area contributed by atoms with Crippen molar-refractivity contribution in [1.82, 2.24) is 14.9 Å². The maximum atomic E-state index is 13.0. The number of carbonyl (C=O) groups excluding carboxylic acids is 1. The summed E-state index contributed by atoms with van der Waals surface area (Å²) < 4.78 is 5.47. The number of hydrogen-bond acceptors (Lipinski definition) is 4. The molecule has 0 radical (unpaired) electrons. The zero-order chi connectivity index (χ0) is 19.4. The van der Waals surface area contributed by atoms with Gasteiger partial charge in [-0.05, 0) is 41.5 Å². The molecule has 2 aromatic carbocycles. The van der Waals surface area contributed by atoms with Crippen LogP contribution in [0.5, 0.6) is 0 Å². The molecule has 3 heterocycles. The van der Waals surface area contributed by atoms with E-state index in [2.05, 4.69) is 34.2 Å². The number of rotatable bonds is 4. The van der Waals surface area contributed by atoms with Crippen molar-refractivity contribution in [3.63, 3.8) is 0 Å². The van der Waals surface area contributed by atoms with Crippen LogP contribution in [0.4, 0.5) is 0 Å². The molecule has 1 amide bonds. The summed E-state index contributed by atoms with van der Waals surface area (Å²) in [6.45, 7) is 1.37. The number of pyridine rings is 1. The number of fused-ring (bicyclic) bond motifs is 2. The van der Waals surface area contributed by atoms with Crippen LogP contribution in [0.2, 0.25) is 0 Å². The number of oxazole rings is 1. The fourth-order valence-electron chi connectivity index (χ4n) is 4.49. The van der Waals surface area contributed by atoms with Crippen LogP contribution in [0, 0.1) is 5.92 Å². The van der Waals surface area contributed by atoms with E-state index in [1.807, 2.05) is 35.4 Å². The van der Waals surface area contributed by atoms with E-state index in [9.17, 15) is 4.79 Å². The second kappa shape index (κ2) is 6.27. The third kappa shape index (κ3) is 2.73. The standard InChI is InChI=1S/C24H19N3O2/c28-24-19-7-3-6-18(23-25-8-9-29-23)21(19)14-27(24)13-17-10-20(17)22-11-15-4-1-2-5-16(15)12-26-22/h1-9,11-12,17,20H,10,13-14H2. The van der Waals surface area contributed by atoms with Gasteiger partial charge in [-0.1, -0.05) is 30.3 Å². The van der Waals surface area contributed by atoms with Crippen molar-refractivity contribution in [2.75, 3.05) is 6.54 Å². The Hall–Kier alpha value is -3.47. The SMILES string of the molecule is O=C1c2cccc(-c3ncco3)c2CN1CC1CC1c1cc2ccccc2cn1. The summed E-state index contributed by atoms with van der Waals surface area (Å²) in [6.07, 6.45) is 6.24. The molecular weight excluding hydrogens is 362 g/mol. The predicted octanol–water partition coefficient (Wildman–Crippen LogP) is 4.65. The van der Waals surface area contributed by atoms with Crippen molar-refractivity contribution in [2.45, 2.75) is 18.9 Å². The number of hydrogen-bond donors (Lipinski definition) is 0. The molecule has 29 heavy (non-hydrogen) atoms. The van der Waals surface area contributed by atoms with Gasteiger partial charge in [-0.2, -0.15) is 0 Å². The molecule has 1 saturated carbocycles. The first kappa shape index (κ1) is 16.5. The van der Waals surface area contributed by atoms with E-state index in [0.717, 1.165) is 40.7 Å². The van der Waals surface area contributed by atoms with Gasteiger partial charge in [0.05, 0.1) is 6.20 Å². The van der Waals surface area contributed by atoms with Crippen LogP contribution in [0.3, 0.4) is 0 Å². The maximum Gasteiger partial charge on any atom is 0.254 e. The molecule has 142 valence electrons. The number of benzene rings is 2. The number of amides is 1. The lowest BCUT2D eigenvalue weighted by atomic mass is 10.0. The van der Waals surface area contributed by atoms with E-state index < -0.39 is 0 Å². The quantitative estimate of drug-likeness (QED) is 0.516. The monoisotopic (exact) mass is 381 g/mol. The molecule has 0 N–H and O–H groups in total. The fraction of sp³-hybridized carbons (Fsp3) is 0.208. The van der Waals surface area contributed by atoms with E-state index >= 15 is 0 Å². The Morgan fingerprint density at radius 2 is 1.90 bits per heavy atom. The Morgan fingerprint density at radius 1 is 1.03 bits per heavy atom. The van der Waals surface area contributed by atoms with Gasteiger partial charge < -0.3 is 9.32 Å². The summed E-state index contributed by atoms with van der Waals surface area (Å²) in [4.78, 5) is 23.9. The third-order valence-corrected chi connectivity index (χ3v) is 6.11. The Balaban J connectivity index is 1.21. The average molecular weight is 381 g/mol. The molecular formula is C24H19N3O2. The Morgan fingerprint density at radius 3 is 2.76 bits per heavy atom. The molecule has 0 bridgehead atoms. The van der Waals surface area contributed by atoms with E-state index in [1.54, 1.807) is 12.5 Å². The predicted molar refractivity (Wildman–Crippen MR) is 109 cm³/mol. The maximum absolute atomic E-state index is 13.0. The average Bonchev–Trinajstić information content (AvgIpc) is 3.16. The summed E-state index contributed by atoms with van der Waals surface area (Å²) in [5.41, 5.74) is 3.83. The number of carbonyl (C=O) groups is 1. The molecule has 1 aliphatic carbocycles. The van der Waals surface area contributed by atoms with E-state index in [-0.39, 0.29) is 5.91 Å². The first-order chi connectivity index (χ1) is 14.3. The minimum absolute atomic E-state index is 0.102. The van der Waals surface area contributed by atoms with E-state index in [4.69, 9.17) is 4.42 Å². The largest absolute Gasteiger partial charge is 0.445 e. The summed E-state index contributed by atoms with van der Waals surface area (Å²) in [5, 5.41) is 2.39. The molecule has 2 unspecified atom stereocenters. The smallest absolute Gasteiger partial charge is 0.254 e. The highest BCUT2D eigenvalue weighted by atomic mass is 16.3. The summed E-state index contributed by atoms with van der Waals surface area (Å²) in [6, 6.07) is 16.3. The second-order valence-electron chi connectivity index (χ2n) is 7.91. The summed E-state index contributed by atoms with van der Waals surface area (Å²) in [7, 11) is 0.